The molecule has 0 aliphatic heterocycles. The molecular weight excluding hydrogens is 305 g/mol. The molecule has 0 aromatic heterocycles. The molecule has 1 aliphatic rings. The first-order valence-corrected chi connectivity index (χ1v) is 6.59. The quantitative estimate of drug-likeness (QED) is 0.533. The fraction of sp³-hybridized carbons (Fsp3) is 0.900. The topological polar surface area (TPSA) is 53.2 Å². The van der Waals surface area contributed by atoms with Crippen molar-refractivity contribution in [2.24, 2.45) is 0 Å². The van der Waals surface area contributed by atoms with Gasteiger partial charge in [-0.05, 0) is 39.7 Å². The SMILES string of the molecule is CN[C@H](C)C(=O)NC1CCC(NI)CC1. The average Bonchev–Trinajstić information content (AvgIpc) is 2.29. The van der Waals surface area contributed by atoms with Crippen molar-refractivity contribution in [1.29, 1.82) is 0 Å². The summed E-state index contributed by atoms with van der Waals surface area (Å²) in [5, 5.41) is 6.03. The van der Waals surface area contributed by atoms with Crippen LogP contribution in [0.5, 0.6) is 0 Å². The van der Waals surface area contributed by atoms with Gasteiger partial charge in [0.25, 0.3) is 0 Å². The molecule has 1 fully saturated rings. The van der Waals surface area contributed by atoms with Crippen molar-refractivity contribution in [2.75, 3.05) is 7.05 Å². The lowest BCUT2D eigenvalue weighted by Gasteiger charge is -2.29. The Morgan fingerprint density at radius 2 is 1.80 bits per heavy atom. The van der Waals surface area contributed by atoms with E-state index < -0.39 is 0 Å². The second-order valence-electron chi connectivity index (χ2n) is 4.18. The van der Waals surface area contributed by atoms with E-state index in [1.165, 1.54) is 0 Å². The largest absolute Gasteiger partial charge is 0.352 e. The van der Waals surface area contributed by atoms with Crippen LogP contribution in [0.4, 0.5) is 0 Å². The summed E-state index contributed by atoms with van der Waals surface area (Å²) in [6.07, 6.45) is 4.48. The normalized spacial score (nSPS) is 28.5. The van der Waals surface area contributed by atoms with Crippen LogP contribution in [0.25, 0.3) is 0 Å². The molecule has 1 saturated carbocycles. The third kappa shape index (κ3) is 4.24. The van der Waals surface area contributed by atoms with Crippen LogP contribution in [0.2, 0.25) is 0 Å². The van der Waals surface area contributed by atoms with E-state index in [-0.39, 0.29) is 11.9 Å². The standard InChI is InChI=1S/C10H20IN3O/c1-7(12-2)10(15)13-8-3-5-9(14-11)6-4-8/h7-9,12,14H,3-6H2,1-2H3,(H,13,15)/t7-,8?,9?/m1/s1. The summed E-state index contributed by atoms with van der Waals surface area (Å²) in [5.74, 6) is 0.114. The molecule has 1 aliphatic carbocycles. The number of halogens is 1. The second kappa shape index (κ2) is 6.65. The lowest BCUT2D eigenvalue weighted by molar-refractivity contribution is -0.123. The highest BCUT2D eigenvalue weighted by atomic mass is 127. The molecule has 0 unspecified atom stereocenters. The first-order valence-electron chi connectivity index (χ1n) is 5.51. The molecule has 0 heterocycles. The van der Waals surface area contributed by atoms with Crippen molar-refractivity contribution in [2.45, 2.75) is 50.7 Å². The number of carbonyl (C=O) groups excluding carboxylic acids is 1. The monoisotopic (exact) mass is 325 g/mol. The Morgan fingerprint density at radius 1 is 1.27 bits per heavy atom. The fourth-order valence-electron chi connectivity index (χ4n) is 1.80. The molecule has 0 aromatic rings. The molecule has 3 N–H and O–H groups in total. The number of carbonyl (C=O) groups is 1. The maximum Gasteiger partial charge on any atom is 0.237 e. The van der Waals surface area contributed by atoms with Gasteiger partial charge >= 0.3 is 0 Å². The molecule has 0 spiro atoms. The Kier molecular flexibility index (Phi) is 5.84. The average molecular weight is 325 g/mol. The van der Waals surface area contributed by atoms with Crippen LogP contribution in [0.1, 0.15) is 32.6 Å². The van der Waals surface area contributed by atoms with Crippen LogP contribution < -0.4 is 14.2 Å². The molecule has 0 aromatic carbocycles. The lowest BCUT2D eigenvalue weighted by atomic mass is 9.91. The van der Waals surface area contributed by atoms with E-state index >= 15 is 0 Å². The predicted molar refractivity (Wildman–Crippen MR) is 69.9 cm³/mol. The summed E-state index contributed by atoms with van der Waals surface area (Å²) in [6.45, 7) is 1.88. The molecule has 1 atom stereocenters. The minimum atomic E-state index is -0.0922. The van der Waals surface area contributed by atoms with Crippen LogP contribution in [0, 0.1) is 0 Å². The van der Waals surface area contributed by atoms with Crippen molar-refractivity contribution < 1.29 is 4.79 Å². The number of hydrogen-bond donors (Lipinski definition) is 3. The lowest BCUT2D eigenvalue weighted by Crippen LogP contribution is -2.47. The highest BCUT2D eigenvalue weighted by Gasteiger charge is 2.22. The zero-order valence-electron chi connectivity index (χ0n) is 9.35. The number of nitrogens with one attached hydrogen (secondary N) is 3. The van der Waals surface area contributed by atoms with Gasteiger partial charge in [0.2, 0.25) is 5.91 Å². The molecular formula is C10H20IN3O. The minimum Gasteiger partial charge on any atom is -0.352 e. The van der Waals surface area contributed by atoms with E-state index in [9.17, 15) is 4.79 Å². The van der Waals surface area contributed by atoms with E-state index in [1.807, 2.05) is 6.92 Å². The van der Waals surface area contributed by atoms with Gasteiger partial charge in [0, 0.05) is 34.9 Å². The van der Waals surface area contributed by atoms with Crippen molar-refractivity contribution in [3.63, 3.8) is 0 Å². The highest BCUT2D eigenvalue weighted by Crippen LogP contribution is 2.19. The molecule has 0 bridgehead atoms. The van der Waals surface area contributed by atoms with Crippen molar-refractivity contribution in [1.82, 2.24) is 14.2 Å². The van der Waals surface area contributed by atoms with Gasteiger partial charge < -0.3 is 10.6 Å². The molecule has 0 radical (unpaired) electrons. The maximum atomic E-state index is 11.6. The van der Waals surface area contributed by atoms with Gasteiger partial charge in [-0.2, -0.15) is 0 Å². The highest BCUT2D eigenvalue weighted by molar-refractivity contribution is 14.1. The van der Waals surface area contributed by atoms with E-state index in [2.05, 4.69) is 37.0 Å². The third-order valence-electron chi connectivity index (χ3n) is 3.05. The zero-order valence-corrected chi connectivity index (χ0v) is 11.5. The van der Waals surface area contributed by atoms with Crippen LogP contribution >= 0.6 is 22.9 Å². The number of amides is 1. The molecule has 1 amide bonds. The first-order chi connectivity index (χ1) is 7.17. The van der Waals surface area contributed by atoms with Gasteiger partial charge in [-0.25, -0.2) is 0 Å². The maximum absolute atomic E-state index is 11.6. The Labute approximate surface area is 105 Å². The van der Waals surface area contributed by atoms with E-state index in [0.717, 1.165) is 25.7 Å². The van der Waals surface area contributed by atoms with Crippen LogP contribution in [0.3, 0.4) is 0 Å². The Balaban J connectivity index is 2.26. The summed E-state index contributed by atoms with van der Waals surface area (Å²) >= 11 is 2.21. The summed E-state index contributed by atoms with van der Waals surface area (Å²) in [6, 6.07) is 0.903. The molecule has 15 heavy (non-hydrogen) atoms. The van der Waals surface area contributed by atoms with E-state index in [4.69, 9.17) is 0 Å². The zero-order chi connectivity index (χ0) is 11.3. The summed E-state index contributed by atoms with van der Waals surface area (Å²) in [7, 11) is 1.81. The molecule has 5 heteroatoms. The summed E-state index contributed by atoms with van der Waals surface area (Å²) in [4.78, 5) is 11.6. The van der Waals surface area contributed by atoms with Crippen molar-refractivity contribution >= 4 is 28.8 Å². The van der Waals surface area contributed by atoms with Gasteiger partial charge in [-0.3, -0.25) is 8.32 Å². The molecule has 88 valence electrons. The minimum absolute atomic E-state index is 0.0922. The van der Waals surface area contributed by atoms with Crippen LogP contribution in [-0.2, 0) is 4.79 Å². The molecule has 1 rings (SSSR count). The number of hydrogen-bond acceptors (Lipinski definition) is 3. The predicted octanol–water partition coefficient (Wildman–Crippen LogP) is 0.961. The van der Waals surface area contributed by atoms with Gasteiger partial charge in [0.15, 0.2) is 0 Å². The van der Waals surface area contributed by atoms with Gasteiger partial charge in [-0.1, -0.05) is 0 Å². The van der Waals surface area contributed by atoms with Gasteiger partial charge in [-0.15, -0.1) is 0 Å². The first kappa shape index (κ1) is 13.2. The summed E-state index contributed by atoms with van der Waals surface area (Å²) in [5.41, 5.74) is 0. The second-order valence-corrected chi connectivity index (χ2v) is 4.80. The van der Waals surface area contributed by atoms with Gasteiger partial charge in [0.1, 0.15) is 0 Å². The Hall–Kier alpha value is 0.120. The smallest absolute Gasteiger partial charge is 0.237 e. The third-order valence-corrected chi connectivity index (χ3v) is 3.93. The van der Waals surface area contributed by atoms with Crippen LogP contribution in [0.15, 0.2) is 0 Å². The molecule has 4 nitrogen and oxygen atoms in total. The van der Waals surface area contributed by atoms with Crippen LogP contribution in [-0.4, -0.2) is 31.1 Å². The van der Waals surface area contributed by atoms with E-state index in [1.54, 1.807) is 7.05 Å². The van der Waals surface area contributed by atoms with Gasteiger partial charge in [0.05, 0.1) is 6.04 Å². The fourth-order valence-corrected chi connectivity index (χ4v) is 2.43. The Bertz CT molecular complexity index is 205. The number of likely N-dealkylation sites (N-methyl/N-ethyl adjacent to an activating group) is 1. The Morgan fingerprint density at radius 3 is 2.27 bits per heavy atom. The number of rotatable bonds is 4. The summed E-state index contributed by atoms with van der Waals surface area (Å²) < 4.78 is 3.26. The van der Waals surface area contributed by atoms with Crippen molar-refractivity contribution in [3.8, 4) is 0 Å². The van der Waals surface area contributed by atoms with E-state index in [0.29, 0.717) is 12.1 Å². The molecule has 0 saturated heterocycles. The van der Waals surface area contributed by atoms with Crippen molar-refractivity contribution in [3.05, 3.63) is 0 Å².